The Morgan fingerprint density at radius 1 is 1.67 bits per heavy atom. The summed E-state index contributed by atoms with van der Waals surface area (Å²) in [6, 6.07) is 3.59. The molecule has 0 bridgehead atoms. The standard InChI is InChI=1S/C10H12N4O/c11-4-7-3-9(12)10(13-5-7)14-2-1-8(15)6-14/h3,5,8,15H,1-2,6,12H2. The Kier molecular flexibility index (Phi) is 2.44. The smallest absolute Gasteiger partial charge is 0.151 e. The number of pyridine rings is 1. The summed E-state index contributed by atoms with van der Waals surface area (Å²) in [5, 5.41) is 18.1. The first-order valence-electron chi connectivity index (χ1n) is 4.79. The number of nitrogens with zero attached hydrogens (tertiary/aromatic N) is 3. The molecule has 0 spiro atoms. The SMILES string of the molecule is N#Cc1cnc(N2CCC(O)C2)c(N)c1. The Labute approximate surface area is 87.8 Å². The number of β-amino-alcohol motifs (C(OH)–C–C–N with tert-alkyl or cyclic N) is 1. The lowest BCUT2D eigenvalue weighted by Gasteiger charge is -2.18. The van der Waals surface area contributed by atoms with Gasteiger partial charge in [-0.2, -0.15) is 5.26 Å². The van der Waals surface area contributed by atoms with Crippen molar-refractivity contribution in [2.75, 3.05) is 23.7 Å². The Bertz CT molecular complexity index is 412. The molecular weight excluding hydrogens is 192 g/mol. The van der Waals surface area contributed by atoms with E-state index in [0.717, 1.165) is 13.0 Å². The molecule has 15 heavy (non-hydrogen) atoms. The maximum absolute atomic E-state index is 9.39. The summed E-state index contributed by atoms with van der Waals surface area (Å²) in [4.78, 5) is 6.06. The van der Waals surface area contributed by atoms with E-state index in [1.54, 1.807) is 6.07 Å². The van der Waals surface area contributed by atoms with Gasteiger partial charge < -0.3 is 15.7 Å². The number of aromatic nitrogens is 1. The summed E-state index contributed by atoms with van der Waals surface area (Å²) in [5.74, 6) is 0.658. The Morgan fingerprint density at radius 2 is 2.47 bits per heavy atom. The fraction of sp³-hybridized carbons (Fsp3) is 0.400. The number of nitriles is 1. The van der Waals surface area contributed by atoms with E-state index in [2.05, 4.69) is 4.98 Å². The lowest BCUT2D eigenvalue weighted by atomic mass is 10.2. The fourth-order valence-electron chi connectivity index (χ4n) is 1.73. The average Bonchev–Trinajstić information content (AvgIpc) is 2.64. The minimum absolute atomic E-state index is 0.304. The van der Waals surface area contributed by atoms with E-state index in [1.807, 2.05) is 11.0 Å². The molecule has 2 rings (SSSR count). The van der Waals surface area contributed by atoms with Crippen LogP contribution in [-0.4, -0.2) is 29.3 Å². The van der Waals surface area contributed by atoms with Crippen LogP contribution in [0.2, 0.25) is 0 Å². The molecule has 1 aliphatic heterocycles. The molecule has 1 unspecified atom stereocenters. The van der Waals surface area contributed by atoms with E-state index >= 15 is 0 Å². The maximum Gasteiger partial charge on any atom is 0.151 e. The number of nitrogens with two attached hydrogens (primary N) is 1. The van der Waals surface area contributed by atoms with Crippen LogP contribution in [0.15, 0.2) is 12.3 Å². The molecule has 1 aromatic heterocycles. The Morgan fingerprint density at radius 3 is 3.00 bits per heavy atom. The first-order valence-corrected chi connectivity index (χ1v) is 4.79. The lowest BCUT2D eigenvalue weighted by Crippen LogP contribution is -2.23. The summed E-state index contributed by atoms with van der Waals surface area (Å²) in [7, 11) is 0. The maximum atomic E-state index is 9.39. The number of nitrogen functional groups attached to an aromatic ring is 1. The van der Waals surface area contributed by atoms with Crippen LogP contribution in [0, 0.1) is 11.3 Å². The summed E-state index contributed by atoms with van der Waals surface area (Å²) in [6.07, 6.45) is 1.93. The molecule has 1 atom stereocenters. The number of rotatable bonds is 1. The third-order valence-corrected chi connectivity index (χ3v) is 2.49. The summed E-state index contributed by atoms with van der Waals surface area (Å²) in [5.41, 5.74) is 6.73. The van der Waals surface area contributed by atoms with E-state index in [1.165, 1.54) is 6.20 Å². The van der Waals surface area contributed by atoms with E-state index in [-0.39, 0.29) is 6.10 Å². The summed E-state index contributed by atoms with van der Waals surface area (Å²) >= 11 is 0. The second-order valence-corrected chi connectivity index (χ2v) is 3.64. The van der Waals surface area contributed by atoms with Gasteiger partial charge in [0.25, 0.3) is 0 Å². The third kappa shape index (κ3) is 1.85. The van der Waals surface area contributed by atoms with Crippen LogP contribution in [0.4, 0.5) is 11.5 Å². The number of anilines is 2. The second kappa shape index (κ2) is 3.75. The molecule has 0 aromatic carbocycles. The molecule has 1 aromatic rings. The van der Waals surface area contributed by atoms with E-state index in [4.69, 9.17) is 11.0 Å². The van der Waals surface area contributed by atoms with Gasteiger partial charge in [0, 0.05) is 19.3 Å². The molecule has 2 heterocycles. The molecule has 5 nitrogen and oxygen atoms in total. The van der Waals surface area contributed by atoms with Crippen molar-refractivity contribution in [1.82, 2.24) is 4.98 Å². The van der Waals surface area contributed by atoms with Gasteiger partial charge in [-0.15, -0.1) is 0 Å². The summed E-state index contributed by atoms with van der Waals surface area (Å²) in [6.45, 7) is 1.31. The lowest BCUT2D eigenvalue weighted by molar-refractivity contribution is 0.198. The Balaban J connectivity index is 2.26. The van der Waals surface area contributed by atoms with Crippen LogP contribution in [-0.2, 0) is 0 Å². The first-order chi connectivity index (χ1) is 7.20. The number of aliphatic hydroxyl groups excluding tert-OH is 1. The van der Waals surface area contributed by atoms with Gasteiger partial charge in [0.15, 0.2) is 5.82 Å². The van der Waals surface area contributed by atoms with Gasteiger partial charge in [-0.25, -0.2) is 4.98 Å². The average molecular weight is 204 g/mol. The zero-order chi connectivity index (χ0) is 10.8. The van der Waals surface area contributed by atoms with Crippen molar-refractivity contribution in [1.29, 1.82) is 5.26 Å². The highest BCUT2D eigenvalue weighted by atomic mass is 16.3. The van der Waals surface area contributed by atoms with Gasteiger partial charge in [0.2, 0.25) is 0 Å². The van der Waals surface area contributed by atoms with Crippen LogP contribution in [0.1, 0.15) is 12.0 Å². The molecular formula is C10H12N4O. The minimum Gasteiger partial charge on any atom is -0.396 e. The fourth-order valence-corrected chi connectivity index (χ4v) is 1.73. The molecule has 1 saturated heterocycles. The molecule has 1 aliphatic rings. The van der Waals surface area contributed by atoms with Crippen LogP contribution in [0.5, 0.6) is 0 Å². The zero-order valence-electron chi connectivity index (χ0n) is 8.22. The van der Waals surface area contributed by atoms with Crippen LogP contribution < -0.4 is 10.6 Å². The van der Waals surface area contributed by atoms with Crippen LogP contribution in [0.25, 0.3) is 0 Å². The summed E-state index contributed by atoms with van der Waals surface area (Å²) < 4.78 is 0. The number of hydrogen-bond acceptors (Lipinski definition) is 5. The van der Waals surface area contributed by atoms with Gasteiger partial charge in [-0.3, -0.25) is 0 Å². The molecule has 78 valence electrons. The quantitative estimate of drug-likeness (QED) is 0.678. The largest absolute Gasteiger partial charge is 0.396 e. The van der Waals surface area contributed by atoms with Crippen molar-refractivity contribution in [2.24, 2.45) is 0 Å². The molecule has 0 amide bonds. The molecule has 1 fully saturated rings. The highest BCUT2D eigenvalue weighted by molar-refractivity contribution is 5.65. The molecule has 0 saturated carbocycles. The topological polar surface area (TPSA) is 86.2 Å². The van der Waals surface area contributed by atoms with Gasteiger partial charge in [-0.05, 0) is 12.5 Å². The Hall–Kier alpha value is -1.80. The van der Waals surface area contributed by atoms with Gasteiger partial charge in [0.1, 0.15) is 6.07 Å². The van der Waals surface area contributed by atoms with Crippen LogP contribution >= 0.6 is 0 Å². The highest BCUT2D eigenvalue weighted by Crippen LogP contribution is 2.24. The predicted molar refractivity (Wildman–Crippen MR) is 56.2 cm³/mol. The van der Waals surface area contributed by atoms with Gasteiger partial charge >= 0.3 is 0 Å². The number of aliphatic hydroxyl groups is 1. The van der Waals surface area contributed by atoms with E-state index in [9.17, 15) is 5.11 Å². The zero-order valence-corrected chi connectivity index (χ0v) is 8.22. The molecule has 3 N–H and O–H groups in total. The first kappa shape index (κ1) is 9.74. The van der Waals surface area contributed by atoms with E-state index in [0.29, 0.717) is 23.6 Å². The molecule has 5 heteroatoms. The van der Waals surface area contributed by atoms with E-state index < -0.39 is 0 Å². The van der Waals surface area contributed by atoms with Crippen molar-refractivity contribution < 1.29 is 5.11 Å². The van der Waals surface area contributed by atoms with Crippen molar-refractivity contribution in [3.63, 3.8) is 0 Å². The normalized spacial score (nSPS) is 20.3. The molecule has 0 aliphatic carbocycles. The number of hydrogen-bond donors (Lipinski definition) is 2. The molecule has 0 radical (unpaired) electrons. The van der Waals surface area contributed by atoms with Gasteiger partial charge in [-0.1, -0.05) is 0 Å². The van der Waals surface area contributed by atoms with Gasteiger partial charge in [0.05, 0.1) is 17.4 Å². The van der Waals surface area contributed by atoms with Crippen molar-refractivity contribution >= 4 is 11.5 Å². The van der Waals surface area contributed by atoms with Crippen molar-refractivity contribution in [2.45, 2.75) is 12.5 Å². The van der Waals surface area contributed by atoms with Crippen molar-refractivity contribution in [3.05, 3.63) is 17.8 Å². The second-order valence-electron chi connectivity index (χ2n) is 3.64. The highest BCUT2D eigenvalue weighted by Gasteiger charge is 2.22. The monoisotopic (exact) mass is 204 g/mol. The predicted octanol–water partition coefficient (Wildman–Crippen LogP) is 0.106. The van der Waals surface area contributed by atoms with Crippen LogP contribution in [0.3, 0.4) is 0 Å². The third-order valence-electron chi connectivity index (χ3n) is 2.49. The van der Waals surface area contributed by atoms with Crippen molar-refractivity contribution in [3.8, 4) is 6.07 Å². The minimum atomic E-state index is -0.304.